The number of rotatable bonds is 7. The van der Waals surface area contributed by atoms with Crippen LogP contribution in [0.5, 0.6) is 5.75 Å². The zero-order chi connectivity index (χ0) is 22.9. The van der Waals surface area contributed by atoms with Crippen LogP contribution in [-0.4, -0.2) is 47.0 Å². The Morgan fingerprint density at radius 1 is 0.968 bits per heavy atom. The van der Waals surface area contributed by atoms with E-state index in [1.54, 1.807) is 0 Å². The number of hydrogen-bond donors (Lipinski definition) is 1. The summed E-state index contributed by atoms with van der Waals surface area (Å²) in [6.07, 6.45) is -3.10. The van der Waals surface area contributed by atoms with E-state index in [1.165, 1.54) is 22.5 Å². The topological polar surface area (TPSA) is 92.8 Å². The van der Waals surface area contributed by atoms with Crippen LogP contribution >= 0.6 is 11.6 Å². The quantitative estimate of drug-likeness (QED) is 0.625. The van der Waals surface area contributed by atoms with E-state index in [0.29, 0.717) is 13.1 Å². The van der Waals surface area contributed by atoms with Gasteiger partial charge in [-0.1, -0.05) is 11.6 Å². The standard InChI is InChI=1S/C18H18ClF3N2O5S2/c19-13-3-8-17(29-12-18(20,21)22)16(11-13)23-30(25,26)14-4-6-15(7-5-14)31(27,28)24-9-1-2-10-24/h3-8,11,23H,1-2,9-10,12H2. The second kappa shape index (κ2) is 8.85. The normalized spacial score (nSPS) is 15.7. The molecule has 1 aliphatic rings. The SMILES string of the molecule is O=S(=O)(Nc1cc(Cl)ccc1OCC(F)(F)F)c1ccc(S(=O)(=O)N2CCCC2)cc1. The van der Waals surface area contributed by atoms with Crippen LogP contribution in [0.25, 0.3) is 0 Å². The van der Waals surface area contributed by atoms with Crippen molar-refractivity contribution in [2.45, 2.75) is 28.8 Å². The maximum Gasteiger partial charge on any atom is 0.422 e. The smallest absolute Gasteiger partial charge is 0.422 e. The number of ether oxygens (including phenoxy) is 1. The molecule has 13 heteroatoms. The Bertz CT molecular complexity index is 1150. The maximum absolute atomic E-state index is 12.7. The second-order valence-electron chi connectivity index (χ2n) is 6.73. The van der Waals surface area contributed by atoms with E-state index >= 15 is 0 Å². The molecule has 0 radical (unpaired) electrons. The summed E-state index contributed by atoms with van der Waals surface area (Å²) in [5.74, 6) is -0.362. The highest BCUT2D eigenvalue weighted by Crippen LogP contribution is 2.32. The summed E-state index contributed by atoms with van der Waals surface area (Å²) in [5.41, 5.74) is -0.287. The summed E-state index contributed by atoms with van der Waals surface area (Å²) in [5, 5.41) is 0.0733. The third-order valence-corrected chi connectivity index (χ3v) is 7.94. The van der Waals surface area contributed by atoms with Crippen LogP contribution < -0.4 is 9.46 Å². The van der Waals surface area contributed by atoms with Crippen LogP contribution in [0.4, 0.5) is 18.9 Å². The van der Waals surface area contributed by atoms with Crippen molar-refractivity contribution in [1.29, 1.82) is 0 Å². The van der Waals surface area contributed by atoms with Crippen molar-refractivity contribution in [3.05, 3.63) is 47.5 Å². The Balaban J connectivity index is 1.83. The third kappa shape index (κ3) is 5.82. The molecule has 1 aliphatic heterocycles. The highest BCUT2D eigenvalue weighted by atomic mass is 35.5. The maximum atomic E-state index is 12.7. The first kappa shape index (κ1) is 23.6. The molecule has 1 saturated heterocycles. The molecule has 1 N–H and O–H groups in total. The predicted octanol–water partition coefficient (Wildman–Crippen LogP) is 3.87. The van der Waals surface area contributed by atoms with Gasteiger partial charge in [0.1, 0.15) is 5.75 Å². The van der Waals surface area contributed by atoms with Crippen LogP contribution in [0, 0.1) is 0 Å². The molecular weight excluding hydrogens is 481 g/mol. The van der Waals surface area contributed by atoms with Gasteiger partial charge >= 0.3 is 6.18 Å². The molecule has 0 aliphatic carbocycles. The van der Waals surface area contributed by atoms with Gasteiger partial charge in [0.15, 0.2) is 6.61 Å². The number of anilines is 1. The fourth-order valence-corrected chi connectivity index (χ4v) is 5.69. The van der Waals surface area contributed by atoms with Crippen molar-refractivity contribution >= 4 is 37.3 Å². The van der Waals surface area contributed by atoms with Crippen molar-refractivity contribution < 1.29 is 34.7 Å². The van der Waals surface area contributed by atoms with Gasteiger partial charge in [-0.05, 0) is 55.3 Å². The van der Waals surface area contributed by atoms with Crippen LogP contribution in [0.1, 0.15) is 12.8 Å². The van der Waals surface area contributed by atoms with Crippen molar-refractivity contribution in [2.75, 3.05) is 24.4 Å². The fourth-order valence-electron chi connectivity index (χ4n) is 2.94. The average Bonchev–Trinajstić information content (AvgIpc) is 3.22. The summed E-state index contributed by atoms with van der Waals surface area (Å²) in [6, 6.07) is 8.01. The Kier molecular flexibility index (Phi) is 6.75. The Hall–Kier alpha value is -2.02. The molecule has 1 fully saturated rings. The largest absolute Gasteiger partial charge is 0.482 e. The monoisotopic (exact) mass is 498 g/mol. The number of nitrogens with zero attached hydrogens (tertiary/aromatic N) is 1. The molecule has 0 unspecified atom stereocenters. The molecule has 0 aromatic heterocycles. The van der Waals surface area contributed by atoms with Gasteiger partial charge in [-0.15, -0.1) is 0 Å². The van der Waals surface area contributed by atoms with Gasteiger partial charge in [0.05, 0.1) is 15.5 Å². The van der Waals surface area contributed by atoms with Crippen LogP contribution in [0.15, 0.2) is 52.3 Å². The highest BCUT2D eigenvalue weighted by Gasteiger charge is 2.30. The second-order valence-corrected chi connectivity index (χ2v) is 10.8. The van der Waals surface area contributed by atoms with E-state index in [9.17, 15) is 30.0 Å². The lowest BCUT2D eigenvalue weighted by atomic mass is 10.3. The molecule has 1 heterocycles. The van der Waals surface area contributed by atoms with E-state index in [2.05, 4.69) is 9.46 Å². The number of sulfonamides is 2. The molecule has 7 nitrogen and oxygen atoms in total. The number of alkyl halides is 3. The molecule has 0 saturated carbocycles. The lowest BCUT2D eigenvalue weighted by molar-refractivity contribution is -0.153. The van der Waals surface area contributed by atoms with Crippen LogP contribution in [0.3, 0.4) is 0 Å². The van der Waals surface area contributed by atoms with Gasteiger partial charge in [-0.3, -0.25) is 4.72 Å². The summed E-state index contributed by atoms with van der Waals surface area (Å²) in [6.45, 7) is -0.814. The van der Waals surface area contributed by atoms with E-state index < -0.39 is 32.8 Å². The van der Waals surface area contributed by atoms with E-state index in [1.807, 2.05) is 0 Å². The minimum atomic E-state index is -4.62. The number of benzene rings is 2. The number of nitrogens with one attached hydrogen (secondary N) is 1. The molecule has 3 rings (SSSR count). The van der Waals surface area contributed by atoms with Crippen molar-refractivity contribution in [3.63, 3.8) is 0 Å². The molecular formula is C18H18ClF3N2O5S2. The van der Waals surface area contributed by atoms with E-state index in [-0.39, 0.29) is 26.3 Å². The summed E-state index contributed by atoms with van der Waals surface area (Å²) < 4.78 is 96.0. The van der Waals surface area contributed by atoms with Crippen molar-refractivity contribution in [1.82, 2.24) is 4.31 Å². The molecule has 0 amide bonds. The minimum absolute atomic E-state index is 0.0506. The van der Waals surface area contributed by atoms with Gasteiger partial charge in [0, 0.05) is 18.1 Å². The van der Waals surface area contributed by atoms with Crippen LogP contribution in [0.2, 0.25) is 5.02 Å². The Labute approximate surface area is 182 Å². The zero-order valence-corrected chi connectivity index (χ0v) is 18.3. The number of hydrogen-bond acceptors (Lipinski definition) is 5. The van der Waals surface area contributed by atoms with Gasteiger partial charge in [-0.2, -0.15) is 17.5 Å². The van der Waals surface area contributed by atoms with Gasteiger partial charge in [0.25, 0.3) is 10.0 Å². The first-order chi connectivity index (χ1) is 14.4. The molecule has 170 valence electrons. The lowest BCUT2D eigenvalue weighted by Gasteiger charge is -2.16. The van der Waals surface area contributed by atoms with Gasteiger partial charge in [0.2, 0.25) is 10.0 Å². The Morgan fingerprint density at radius 3 is 2.13 bits per heavy atom. The van der Waals surface area contributed by atoms with E-state index in [4.69, 9.17) is 11.6 Å². The minimum Gasteiger partial charge on any atom is -0.482 e. The first-order valence-corrected chi connectivity index (χ1v) is 12.3. The third-order valence-electron chi connectivity index (χ3n) is 4.41. The Morgan fingerprint density at radius 2 is 1.55 bits per heavy atom. The van der Waals surface area contributed by atoms with Gasteiger partial charge in [-0.25, -0.2) is 16.8 Å². The number of halogens is 4. The molecule has 0 bridgehead atoms. The molecule has 2 aromatic carbocycles. The summed E-state index contributed by atoms with van der Waals surface area (Å²) in [4.78, 5) is -0.333. The molecule has 31 heavy (non-hydrogen) atoms. The predicted molar refractivity (Wildman–Crippen MR) is 108 cm³/mol. The van der Waals surface area contributed by atoms with Gasteiger partial charge < -0.3 is 4.74 Å². The highest BCUT2D eigenvalue weighted by molar-refractivity contribution is 7.92. The summed E-state index contributed by atoms with van der Waals surface area (Å²) >= 11 is 5.83. The van der Waals surface area contributed by atoms with E-state index in [0.717, 1.165) is 37.1 Å². The molecule has 0 atom stereocenters. The first-order valence-electron chi connectivity index (χ1n) is 9.01. The average molecular weight is 499 g/mol. The molecule has 2 aromatic rings. The van der Waals surface area contributed by atoms with Crippen LogP contribution in [-0.2, 0) is 20.0 Å². The summed E-state index contributed by atoms with van der Waals surface area (Å²) in [7, 11) is -7.99. The fraction of sp³-hybridized carbons (Fsp3) is 0.333. The van der Waals surface area contributed by atoms with Crippen molar-refractivity contribution in [3.8, 4) is 5.75 Å². The lowest BCUT2D eigenvalue weighted by Crippen LogP contribution is -2.27. The molecule has 0 spiro atoms. The van der Waals surface area contributed by atoms with Crippen molar-refractivity contribution in [2.24, 2.45) is 0 Å². The zero-order valence-electron chi connectivity index (χ0n) is 15.9.